The maximum atomic E-state index is 2.34. The second-order valence-corrected chi connectivity index (χ2v) is 12.8. The van der Waals surface area contributed by atoms with Gasteiger partial charge in [0.2, 0.25) is 0 Å². The van der Waals surface area contributed by atoms with Gasteiger partial charge in [0.05, 0.1) is 0 Å². The van der Waals surface area contributed by atoms with E-state index in [1.165, 1.54) is 32.1 Å². The Hall–Kier alpha value is 0. The molecule has 0 amide bonds. The fraction of sp³-hybridized carbons (Fsp3) is 1.00. The van der Waals surface area contributed by atoms with Crippen molar-refractivity contribution in [3.8, 4) is 0 Å². The molecule has 3 unspecified atom stereocenters. The van der Waals surface area contributed by atoms with Crippen LogP contribution in [0.1, 0.15) is 164 Å². The molecule has 0 aromatic heterocycles. The number of hydrogen-bond donors (Lipinski definition) is 0. The highest BCUT2D eigenvalue weighted by atomic mass is 14.1. The van der Waals surface area contributed by atoms with Gasteiger partial charge in [0.15, 0.2) is 0 Å². The van der Waals surface area contributed by atoms with Crippen molar-refractivity contribution in [3.05, 3.63) is 0 Å². The molecule has 0 rings (SSSR count). The van der Waals surface area contributed by atoms with Crippen LogP contribution >= 0.6 is 0 Å². The number of hydrogen-bond acceptors (Lipinski definition) is 0. The Morgan fingerprint density at radius 3 is 0.576 bits per heavy atom. The normalized spacial score (nSPS) is 13.4. The van der Waals surface area contributed by atoms with Crippen LogP contribution in [0, 0.1) is 53.3 Å². The first-order valence-electron chi connectivity index (χ1n) is 14.9. The lowest BCUT2D eigenvalue weighted by Gasteiger charge is -2.16. The van der Waals surface area contributed by atoms with E-state index in [-0.39, 0.29) is 0 Å². The third-order valence-electron chi connectivity index (χ3n) is 6.56. The van der Waals surface area contributed by atoms with Crippen molar-refractivity contribution in [1.82, 2.24) is 0 Å². The first-order valence-corrected chi connectivity index (χ1v) is 14.9. The summed E-state index contributed by atoms with van der Waals surface area (Å²) in [6.07, 6.45) is 6.62. The summed E-state index contributed by atoms with van der Waals surface area (Å²) in [5.41, 5.74) is 0. The Morgan fingerprint density at radius 1 is 0.333 bits per heavy atom. The average Bonchev–Trinajstić information content (AvgIpc) is 2.68. The molecule has 0 bridgehead atoms. The Balaban J connectivity index is -0.000000103. The predicted octanol–water partition coefficient (Wildman–Crippen LogP) is 12.8. The molecule has 0 aromatic rings. The largest absolute Gasteiger partial charge is 0.0656 e. The van der Waals surface area contributed by atoms with Gasteiger partial charge in [0, 0.05) is 0 Å². The molecule has 0 heteroatoms. The molecule has 0 saturated carbocycles. The van der Waals surface area contributed by atoms with E-state index in [0.717, 1.165) is 53.3 Å². The van der Waals surface area contributed by atoms with Crippen molar-refractivity contribution in [2.24, 2.45) is 53.3 Å². The molecule has 0 aliphatic rings. The van der Waals surface area contributed by atoms with Gasteiger partial charge in [-0.05, 0) is 66.1 Å². The van der Waals surface area contributed by atoms with Gasteiger partial charge in [-0.2, -0.15) is 0 Å². The summed E-state index contributed by atoms with van der Waals surface area (Å²) in [5, 5.41) is 0. The van der Waals surface area contributed by atoms with E-state index < -0.39 is 0 Å². The van der Waals surface area contributed by atoms with E-state index in [1.54, 1.807) is 0 Å². The van der Waals surface area contributed by atoms with Crippen LogP contribution in [0.4, 0.5) is 0 Å². The fourth-order valence-corrected chi connectivity index (χ4v) is 2.50. The highest BCUT2D eigenvalue weighted by Crippen LogP contribution is 2.19. The van der Waals surface area contributed by atoms with Gasteiger partial charge < -0.3 is 0 Å². The highest BCUT2D eigenvalue weighted by molar-refractivity contribution is 4.59. The highest BCUT2D eigenvalue weighted by Gasteiger charge is 2.08. The Kier molecular flexibility index (Phi) is 39.2. The lowest BCUT2D eigenvalue weighted by molar-refractivity contribution is 0.344. The zero-order valence-corrected chi connectivity index (χ0v) is 27.7. The Morgan fingerprint density at radius 2 is 0.545 bits per heavy atom. The Labute approximate surface area is 216 Å². The van der Waals surface area contributed by atoms with E-state index in [4.69, 9.17) is 0 Å². The lowest BCUT2D eigenvalue weighted by Crippen LogP contribution is -2.06. The van der Waals surface area contributed by atoms with E-state index in [2.05, 4.69) is 132 Å². The minimum Gasteiger partial charge on any atom is -0.0656 e. The van der Waals surface area contributed by atoms with Crippen LogP contribution in [0.5, 0.6) is 0 Å². The van der Waals surface area contributed by atoms with Gasteiger partial charge in [-0.1, -0.05) is 151 Å². The average molecular weight is 473 g/mol. The van der Waals surface area contributed by atoms with Gasteiger partial charge in [-0.3, -0.25) is 0 Å². The SMILES string of the molecule is CC(C)CC(C)C(C)C.CC(C)CC(C)C(C)C.CCC.CCC(C)C.CCC(C)C(C)C. The van der Waals surface area contributed by atoms with Crippen molar-refractivity contribution in [2.75, 3.05) is 0 Å². The van der Waals surface area contributed by atoms with E-state index in [0.29, 0.717) is 0 Å². The first kappa shape index (κ1) is 43.1. The molecule has 0 saturated heterocycles. The maximum absolute atomic E-state index is 2.34. The number of rotatable bonds is 9. The predicted molar refractivity (Wildman–Crippen MR) is 162 cm³/mol. The summed E-state index contributed by atoms with van der Waals surface area (Å²) in [4.78, 5) is 0. The summed E-state index contributed by atoms with van der Waals surface area (Å²) in [6, 6.07) is 0. The monoisotopic (exact) mass is 473 g/mol. The van der Waals surface area contributed by atoms with Crippen LogP contribution in [-0.4, -0.2) is 0 Å². The molecule has 0 N–H and O–H groups in total. The second kappa shape index (κ2) is 30.0. The quantitative estimate of drug-likeness (QED) is 0.313. The maximum Gasteiger partial charge on any atom is -0.0417 e. The fourth-order valence-electron chi connectivity index (χ4n) is 2.50. The van der Waals surface area contributed by atoms with Crippen molar-refractivity contribution >= 4 is 0 Å². The summed E-state index contributed by atoms with van der Waals surface area (Å²) < 4.78 is 0. The zero-order chi connectivity index (χ0) is 27.7. The molecule has 3 atom stereocenters. The molecular weight excluding hydrogens is 396 g/mol. The molecule has 0 heterocycles. The van der Waals surface area contributed by atoms with Gasteiger partial charge in [-0.15, -0.1) is 0 Å². The topological polar surface area (TPSA) is 0 Å². The van der Waals surface area contributed by atoms with E-state index in [1.807, 2.05) is 0 Å². The summed E-state index contributed by atoms with van der Waals surface area (Å²) in [6.45, 7) is 43.0. The molecule has 0 radical (unpaired) electrons. The van der Waals surface area contributed by atoms with Crippen LogP contribution in [-0.2, 0) is 0 Å². The Bertz CT molecular complexity index is 288. The first-order chi connectivity index (χ1) is 14.9. The smallest absolute Gasteiger partial charge is 0.0417 e. The van der Waals surface area contributed by atoms with E-state index >= 15 is 0 Å². The van der Waals surface area contributed by atoms with Gasteiger partial charge >= 0.3 is 0 Å². The van der Waals surface area contributed by atoms with Crippen LogP contribution in [0.15, 0.2) is 0 Å². The lowest BCUT2D eigenvalue weighted by atomic mass is 9.90. The second-order valence-electron chi connectivity index (χ2n) is 12.8. The molecule has 208 valence electrons. The van der Waals surface area contributed by atoms with Crippen LogP contribution in [0.25, 0.3) is 0 Å². The van der Waals surface area contributed by atoms with Gasteiger partial charge in [-0.25, -0.2) is 0 Å². The summed E-state index contributed by atoms with van der Waals surface area (Å²) >= 11 is 0. The van der Waals surface area contributed by atoms with Gasteiger partial charge in [0.1, 0.15) is 0 Å². The third-order valence-corrected chi connectivity index (χ3v) is 6.56. The van der Waals surface area contributed by atoms with Crippen LogP contribution < -0.4 is 0 Å². The summed E-state index contributed by atoms with van der Waals surface area (Å²) in [7, 11) is 0. The molecule has 0 spiro atoms. The van der Waals surface area contributed by atoms with Crippen molar-refractivity contribution in [1.29, 1.82) is 0 Å². The minimum absolute atomic E-state index is 0.854. The molecule has 0 aliphatic heterocycles. The van der Waals surface area contributed by atoms with E-state index in [9.17, 15) is 0 Å². The molecule has 0 aliphatic carbocycles. The van der Waals surface area contributed by atoms with Crippen LogP contribution in [0.2, 0.25) is 0 Å². The van der Waals surface area contributed by atoms with Crippen molar-refractivity contribution < 1.29 is 0 Å². The van der Waals surface area contributed by atoms with Gasteiger partial charge in [0.25, 0.3) is 0 Å². The zero-order valence-electron chi connectivity index (χ0n) is 27.7. The standard InChI is InChI=1S/2C9H20.C7H16.C5H12.C3H8/c2*1-7(2)6-9(5)8(3)4;1-5-7(4)6(2)3;1-4-5(2)3;1-3-2/h2*7-9H,6H2,1-5H3;6-7H,5H2,1-4H3;5H,4H2,1-3H3;3H2,1-2H3. The van der Waals surface area contributed by atoms with Crippen molar-refractivity contribution in [3.63, 3.8) is 0 Å². The molecule has 33 heavy (non-hydrogen) atoms. The van der Waals surface area contributed by atoms with Crippen LogP contribution in [0.3, 0.4) is 0 Å². The summed E-state index contributed by atoms with van der Waals surface area (Å²) in [5.74, 6) is 7.87. The minimum atomic E-state index is 0.854. The third kappa shape index (κ3) is 50.0. The molecule has 0 aromatic carbocycles. The van der Waals surface area contributed by atoms with Crippen molar-refractivity contribution in [2.45, 2.75) is 164 Å². The molecular formula is C33H76. The molecule has 0 fully saturated rings. The molecule has 0 nitrogen and oxygen atoms in total.